The van der Waals surface area contributed by atoms with Crippen molar-refractivity contribution in [2.45, 2.75) is 65.0 Å². The molecule has 2 atom stereocenters. The van der Waals surface area contributed by atoms with Crippen LogP contribution < -0.4 is 10.1 Å². The summed E-state index contributed by atoms with van der Waals surface area (Å²) in [5, 5.41) is 3.11. The van der Waals surface area contributed by atoms with Crippen LogP contribution in [-0.4, -0.2) is 12.0 Å². The first kappa shape index (κ1) is 18.5. The Bertz CT molecular complexity index is 769. The second kappa shape index (κ2) is 8.39. The molecule has 0 aliphatic heterocycles. The van der Waals surface area contributed by atoms with Gasteiger partial charge in [0.15, 0.2) is 6.10 Å². The lowest BCUT2D eigenvalue weighted by atomic mass is 9.92. The number of nitrogens with one attached hydrogen (secondary N) is 1. The Labute approximate surface area is 156 Å². The average Bonchev–Trinajstić information content (AvgIpc) is 2.66. The molecule has 138 valence electrons. The van der Waals surface area contributed by atoms with Crippen LogP contribution in [0.25, 0.3) is 0 Å². The molecular weight excluding hydrogens is 322 g/mol. The summed E-state index contributed by atoms with van der Waals surface area (Å²) < 4.78 is 6.05. The summed E-state index contributed by atoms with van der Waals surface area (Å²) in [4.78, 5) is 12.7. The lowest BCUT2D eigenvalue weighted by molar-refractivity contribution is -0.128. The fourth-order valence-corrected chi connectivity index (χ4v) is 3.73. The van der Waals surface area contributed by atoms with Crippen molar-refractivity contribution in [2.75, 3.05) is 0 Å². The fraction of sp³-hybridized carbons (Fsp3) is 0.435. The van der Waals surface area contributed by atoms with Crippen molar-refractivity contribution in [2.24, 2.45) is 0 Å². The van der Waals surface area contributed by atoms with E-state index >= 15 is 0 Å². The highest BCUT2D eigenvalue weighted by molar-refractivity contribution is 5.81. The predicted molar refractivity (Wildman–Crippen MR) is 106 cm³/mol. The van der Waals surface area contributed by atoms with Crippen LogP contribution in [0.2, 0.25) is 0 Å². The highest BCUT2D eigenvalue weighted by Crippen LogP contribution is 2.26. The van der Waals surface area contributed by atoms with Gasteiger partial charge in [-0.25, -0.2) is 0 Å². The molecule has 0 unspecified atom stereocenters. The van der Waals surface area contributed by atoms with Gasteiger partial charge in [-0.2, -0.15) is 0 Å². The van der Waals surface area contributed by atoms with Crippen LogP contribution in [0, 0.1) is 6.92 Å². The van der Waals surface area contributed by atoms with Gasteiger partial charge in [-0.15, -0.1) is 0 Å². The monoisotopic (exact) mass is 351 g/mol. The summed E-state index contributed by atoms with van der Waals surface area (Å²) in [7, 11) is 0. The van der Waals surface area contributed by atoms with Gasteiger partial charge in [0.1, 0.15) is 5.75 Å². The molecule has 0 saturated heterocycles. The van der Waals surface area contributed by atoms with Gasteiger partial charge in [0.2, 0.25) is 0 Å². The molecule has 0 fully saturated rings. The van der Waals surface area contributed by atoms with Crippen LogP contribution in [0.15, 0.2) is 42.5 Å². The molecule has 0 heterocycles. The largest absolute Gasteiger partial charge is 0.481 e. The SMILES string of the molecule is CC[C@H](Oc1ccc2c(c1)CCCC2)C(=O)N[C@@H](C)c1ccccc1C. The summed E-state index contributed by atoms with van der Waals surface area (Å²) in [6, 6.07) is 14.4. The van der Waals surface area contributed by atoms with Crippen molar-refractivity contribution in [3.63, 3.8) is 0 Å². The minimum atomic E-state index is -0.469. The Morgan fingerprint density at radius 3 is 2.58 bits per heavy atom. The first-order valence-electron chi connectivity index (χ1n) is 9.73. The Morgan fingerprint density at radius 2 is 1.85 bits per heavy atom. The molecule has 1 amide bonds. The summed E-state index contributed by atoms with van der Waals surface area (Å²) in [5.74, 6) is 0.747. The molecule has 0 spiro atoms. The smallest absolute Gasteiger partial charge is 0.261 e. The number of rotatable bonds is 6. The van der Waals surface area contributed by atoms with E-state index in [2.05, 4.69) is 36.5 Å². The Balaban J connectivity index is 1.66. The zero-order chi connectivity index (χ0) is 18.5. The molecule has 3 nitrogen and oxygen atoms in total. The molecule has 0 bridgehead atoms. The summed E-state index contributed by atoms with van der Waals surface area (Å²) in [5.41, 5.74) is 5.13. The highest BCUT2D eigenvalue weighted by Gasteiger charge is 2.22. The van der Waals surface area contributed by atoms with Crippen molar-refractivity contribution >= 4 is 5.91 Å². The van der Waals surface area contributed by atoms with Crippen molar-refractivity contribution < 1.29 is 9.53 Å². The second-order valence-corrected chi connectivity index (χ2v) is 7.24. The van der Waals surface area contributed by atoms with Gasteiger partial charge in [0, 0.05) is 0 Å². The zero-order valence-corrected chi connectivity index (χ0v) is 16.0. The number of hydrogen-bond donors (Lipinski definition) is 1. The Kier molecular flexibility index (Phi) is 5.97. The van der Waals surface area contributed by atoms with Gasteiger partial charge >= 0.3 is 0 Å². The highest BCUT2D eigenvalue weighted by atomic mass is 16.5. The molecule has 3 heteroatoms. The van der Waals surface area contributed by atoms with Gasteiger partial charge in [-0.05, 0) is 80.3 Å². The molecule has 1 aliphatic rings. The first-order chi connectivity index (χ1) is 12.6. The molecule has 0 saturated carbocycles. The number of fused-ring (bicyclic) bond motifs is 1. The third kappa shape index (κ3) is 4.27. The van der Waals surface area contributed by atoms with Crippen molar-refractivity contribution in [1.29, 1.82) is 0 Å². The molecule has 1 N–H and O–H groups in total. The van der Waals surface area contributed by atoms with E-state index in [1.165, 1.54) is 29.5 Å². The molecule has 3 rings (SSSR count). The number of carbonyl (C=O) groups excluding carboxylic acids is 1. The van der Waals surface area contributed by atoms with E-state index < -0.39 is 6.10 Å². The molecule has 0 aromatic heterocycles. The van der Waals surface area contributed by atoms with E-state index in [1.54, 1.807) is 0 Å². The van der Waals surface area contributed by atoms with Gasteiger partial charge < -0.3 is 10.1 Å². The summed E-state index contributed by atoms with van der Waals surface area (Å²) in [6.45, 7) is 6.08. The van der Waals surface area contributed by atoms with E-state index in [4.69, 9.17) is 4.74 Å². The number of hydrogen-bond acceptors (Lipinski definition) is 2. The fourth-order valence-electron chi connectivity index (χ4n) is 3.73. The first-order valence-corrected chi connectivity index (χ1v) is 9.73. The van der Waals surface area contributed by atoms with Crippen LogP contribution in [0.4, 0.5) is 0 Å². The van der Waals surface area contributed by atoms with Crippen LogP contribution in [-0.2, 0) is 17.6 Å². The molecular formula is C23H29NO2. The van der Waals surface area contributed by atoms with E-state index in [0.29, 0.717) is 6.42 Å². The standard InChI is InChI=1S/C23H29NO2/c1-4-22(23(25)24-17(3)21-12-8-5-9-16(21)2)26-20-14-13-18-10-6-7-11-19(18)15-20/h5,8-9,12-15,17,22H,4,6-7,10-11H2,1-3H3,(H,24,25)/t17-,22-/m0/s1. The molecule has 26 heavy (non-hydrogen) atoms. The topological polar surface area (TPSA) is 38.3 Å². The number of aryl methyl sites for hydroxylation is 3. The van der Waals surface area contributed by atoms with Crippen LogP contribution >= 0.6 is 0 Å². The van der Waals surface area contributed by atoms with Crippen LogP contribution in [0.1, 0.15) is 61.4 Å². The van der Waals surface area contributed by atoms with Crippen molar-refractivity contribution in [1.82, 2.24) is 5.32 Å². The van der Waals surface area contributed by atoms with Crippen molar-refractivity contribution in [3.05, 3.63) is 64.7 Å². The minimum absolute atomic E-state index is 0.0371. The average molecular weight is 351 g/mol. The molecule has 0 radical (unpaired) electrons. The lowest BCUT2D eigenvalue weighted by Crippen LogP contribution is -2.39. The van der Waals surface area contributed by atoms with Crippen LogP contribution in [0.5, 0.6) is 5.75 Å². The summed E-state index contributed by atoms with van der Waals surface area (Å²) >= 11 is 0. The summed E-state index contributed by atoms with van der Waals surface area (Å²) in [6.07, 6.45) is 4.94. The minimum Gasteiger partial charge on any atom is -0.481 e. The number of ether oxygens (including phenoxy) is 1. The number of amides is 1. The van der Waals surface area contributed by atoms with Gasteiger partial charge in [0.25, 0.3) is 5.91 Å². The maximum Gasteiger partial charge on any atom is 0.261 e. The normalized spacial score (nSPS) is 15.7. The predicted octanol–water partition coefficient (Wildman–Crippen LogP) is 4.91. The van der Waals surface area contributed by atoms with Gasteiger partial charge in [-0.3, -0.25) is 4.79 Å². The Morgan fingerprint density at radius 1 is 1.12 bits per heavy atom. The zero-order valence-electron chi connectivity index (χ0n) is 16.0. The maximum atomic E-state index is 12.7. The third-order valence-corrected chi connectivity index (χ3v) is 5.28. The number of carbonyl (C=O) groups is 1. The molecule has 2 aromatic rings. The molecule has 1 aliphatic carbocycles. The van der Waals surface area contributed by atoms with E-state index in [9.17, 15) is 4.79 Å². The third-order valence-electron chi connectivity index (χ3n) is 5.28. The number of benzene rings is 2. The van der Waals surface area contributed by atoms with Gasteiger partial charge in [-0.1, -0.05) is 37.3 Å². The Hall–Kier alpha value is -2.29. The van der Waals surface area contributed by atoms with E-state index in [0.717, 1.165) is 24.2 Å². The van der Waals surface area contributed by atoms with E-state index in [-0.39, 0.29) is 11.9 Å². The van der Waals surface area contributed by atoms with E-state index in [1.807, 2.05) is 32.0 Å². The van der Waals surface area contributed by atoms with Gasteiger partial charge in [0.05, 0.1) is 6.04 Å². The van der Waals surface area contributed by atoms with Crippen molar-refractivity contribution in [3.8, 4) is 5.75 Å². The quantitative estimate of drug-likeness (QED) is 0.803. The lowest BCUT2D eigenvalue weighted by Gasteiger charge is -2.23. The second-order valence-electron chi connectivity index (χ2n) is 7.24. The van der Waals surface area contributed by atoms with Crippen LogP contribution in [0.3, 0.4) is 0 Å². The maximum absolute atomic E-state index is 12.7. The molecule has 2 aromatic carbocycles.